The van der Waals surface area contributed by atoms with Crippen molar-refractivity contribution < 1.29 is 14.3 Å². The molecule has 0 aromatic heterocycles. The van der Waals surface area contributed by atoms with Crippen LogP contribution in [0.4, 0.5) is 0 Å². The number of rotatable bonds is 6. The summed E-state index contributed by atoms with van der Waals surface area (Å²) in [4.78, 5) is 26.1. The lowest BCUT2D eigenvalue weighted by atomic mass is 9.92. The molecule has 1 amide bonds. The third-order valence-corrected chi connectivity index (χ3v) is 4.35. The van der Waals surface area contributed by atoms with Gasteiger partial charge in [0.15, 0.2) is 0 Å². The molecule has 0 spiro atoms. The SMILES string of the molecule is COC(=O)CN(CCc1ccccc1)C(=O)[C@H]1CCN[C@@H](C)C1.Cl. The summed E-state index contributed by atoms with van der Waals surface area (Å²) >= 11 is 0. The van der Waals surface area contributed by atoms with Crippen LogP contribution in [-0.2, 0) is 20.7 Å². The van der Waals surface area contributed by atoms with E-state index in [0.29, 0.717) is 12.6 Å². The van der Waals surface area contributed by atoms with Gasteiger partial charge in [-0.15, -0.1) is 12.4 Å². The zero-order valence-corrected chi connectivity index (χ0v) is 15.2. The van der Waals surface area contributed by atoms with Crippen LogP contribution in [0.3, 0.4) is 0 Å². The van der Waals surface area contributed by atoms with Crippen molar-refractivity contribution in [2.24, 2.45) is 5.92 Å². The Morgan fingerprint density at radius 3 is 2.62 bits per heavy atom. The number of halogens is 1. The number of nitrogens with one attached hydrogen (secondary N) is 1. The molecule has 0 aliphatic carbocycles. The normalized spacial score (nSPS) is 19.9. The lowest BCUT2D eigenvalue weighted by molar-refractivity contribution is -0.149. The first kappa shape index (κ1) is 20.5. The van der Waals surface area contributed by atoms with E-state index in [1.165, 1.54) is 7.11 Å². The van der Waals surface area contributed by atoms with Crippen molar-refractivity contribution >= 4 is 24.3 Å². The maximum atomic E-state index is 12.8. The highest BCUT2D eigenvalue weighted by atomic mass is 35.5. The highest BCUT2D eigenvalue weighted by Gasteiger charge is 2.29. The number of amides is 1. The second-order valence-corrected chi connectivity index (χ2v) is 6.15. The molecular weight excluding hydrogens is 328 g/mol. The van der Waals surface area contributed by atoms with Gasteiger partial charge in [-0.3, -0.25) is 9.59 Å². The van der Waals surface area contributed by atoms with E-state index in [1.807, 2.05) is 30.3 Å². The number of carbonyl (C=O) groups is 2. The number of nitrogens with zero attached hydrogens (tertiary/aromatic N) is 1. The summed E-state index contributed by atoms with van der Waals surface area (Å²) < 4.78 is 4.75. The predicted molar refractivity (Wildman–Crippen MR) is 96.2 cm³/mol. The number of benzene rings is 1. The molecule has 1 aliphatic heterocycles. The van der Waals surface area contributed by atoms with Gasteiger partial charge in [0.1, 0.15) is 6.54 Å². The van der Waals surface area contributed by atoms with Gasteiger partial charge in [-0.05, 0) is 38.3 Å². The smallest absolute Gasteiger partial charge is 0.325 e. The van der Waals surface area contributed by atoms with E-state index in [2.05, 4.69) is 12.2 Å². The van der Waals surface area contributed by atoms with Gasteiger partial charge in [-0.25, -0.2) is 0 Å². The molecule has 1 fully saturated rings. The predicted octanol–water partition coefficient (Wildman–Crippen LogP) is 2.04. The van der Waals surface area contributed by atoms with Crippen molar-refractivity contribution in [1.82, 2.24) is 10.2 Å². The number of hydrogen-bond donors (Lipinski definition) is 1. The second-order valence-electron chi connectivity index (χ2n) is 6.15. The molecule has 1 N–H and O–H groups in total. The van der Waals surface area contributed by atoms with Crippen LogP contribution in [0.2, 0.25) is 0 Å². The van der Waals surface area contributed by atoms with Crippen molar-refractivity contribution in [2.45, 2.75) is 32.2 Å². The number of esters is 1. The molecule has 0 bridgehead atoms. The van der Waals surface area contributed by atoms with Gasteiger partial charge in [0.25, 0.3) is 0 Å². The zero-order chi connectivity index (χ0) is 16.7. The summed E-state index contributed by atoms with van der Waals surface area (Å²) in [6, 6.07) is 10.3. The Hall–Kier alpha value is -1.59. The Balaban J connectivity index is 0.00000288. The zero-order valence-electron chi connectivity index (χ0n) is 14.4. The van der Waals surface area contributed by atoms with E-state index in [0.717, 1.165) is 31.4 Å². The third kappa shape index (κ3) is 6.13. The third-order valence-electron chi connectivity index (χ3n) is 4.35. The summed E-state index contributed by atoms with van der Waals surface area (Å²) in [5.41, 5.74) is 1.16. The summed E-state index contributed by atoms with van der Waals surface area (Å²) in [6.07, 6.45) is 2.39. The molecule has 0 radical (unpaired) electrons. The highest BCUT2D eigenvalue weighted by molar-refractivity contribution is 5.85. The van der Waals surface area contributed by atoms with Crippen LogP contribution >= 0.6 is 12.4 Å². The molecule has 2 rings (SSSR count). The number of hydrogen-bond acceptors (Lipinski definition) is 4. The Kier molecular flexibility index (Phi) is 8.79. The molecule has 0 unspecified atom stereocenters. The lowest BCUT2D eigenvalue weighted by Crippen LogP contribution is -2.46. The average molecular weight is 355 g/mol. The minimum Gasteiger partial charge on any atom is -0.468 e. The van der Waals surface area contributed by atoms with E-state index < -0.39 is 0 Å². The molecular formula is C18H27ClN2O3. The van der Waals surface area contributed by atoms with E-state index in [4.69, 9.17) is 4.74 Å². The van der Waals surface area contributed by atoms with Gasteiger partial charge in [-0.1, -0.05) is 30.3 Å². The van der Waals surface area contributed by atoms with E-state index in [9.17, 15) is 9.59 Å². The summed E-state index contributed by atoms with van der Waals surface area (Å²) in [6.45, 7) is 3.51. The molecule has 134 valence electrons. The molecule has 1 aromatic rings. The van der Waals surface area contributed by atoms with Crippen molar-refractivity contribution in [3.05, 3.63) is 35.9 Å². The van der Waals surface area contributed by atoms with Gasteiger partial charge < -0.3 is 15.0 Å². The summed E-state index contributed by atoms with van der Waals surface area (Å²) in [5.74, 6) is -0.306. The second kappa shape index (κ2) is 10.3. The average Bonchev–Trinajstić information content (AvgIpc) is 2.58. The van der Waals surface area contributed by atoms with E-state index >= 15 is 0 Å². The Bertz CT molecular complexity index is 524. The molecule has 1 aliphatic rings. The largest absolute Gasteiger partial charge is 0.468 e. The van der Waals surface area contributed by atoms with E-state index in [1.54, 1.807) is 4.90 Å². The molecule has 1 heterocycles. The first-order valence-corrected chi connectivity index (χ1v) is 8.23. The monoisotopic (exact) mass is 354 g/mol. The number of piperidine rings is 1. The molecule has 24 heavy (non-hydrogen) atoms. The fourth-order valence-corrected chi connectivity index (χ4v) is 3.01. The highest BCUT2D eigenvalue weighted by Crippen LogP contribution is 2.19. The van der Waals surface area contributed by atoms with Gasteiger partial charge >= 0.3 is 5.97 Å². The van der Waals surface area contributed by atoms with Gasteiger partial charge in [0, 0.05) is 18.5 Å². The van der Waals surface area contributed by atoms with Gasteiger partial charge in [0.05, 0.1) is 7.11 Å². The van der Waals surface area contributed by atoms with E-state index in [-0.39, 0.29) is 36.7 Å². The van der Waals surface area contributed by atoms with Crippen LogP contribution in [0.5, 0.6) is 0 Å². The minimum absolute atomic E-state index is 0. The molecule has 1 saturated heterocycles. The topological polar surface area (TPSA) is 58.6 Å². The van der Waals surface area contributed by atoms with Crippen LogP contribution in [0.25, 0.3) is 0 Å². The van der Waals surface area contributed by atoms with Crippen molar-refractivity contribution in [3.8, 4) is 0 Å². The maximum absolute atomic E-state index is 12.8. The summed E-state index contributed by atoms with van der Waals surface area (Å²) in [7, 11) is 1.36. The first-order valence-electron chi connectivity index (χ1n) is 8.23. The van der Waals surface area contributed by atoms with Crippen LogP contribution in [0.1, 0.15) is 25.3 Å². The van der Waals surface area contributed by atoms with Crippen molar-refractivity contribution in [2.75, 3.05) is 26.7 Å². The minimum atomic E-state index is -0.367. The number of carbonyl (C=O) groups excluding carboxylic acids is 2. The lowest BCUT2D eigenvalue weighted by Gasteiger charge is -2.31. The standard InChI is InChI=1S/C18H26N2O3.ClH/c1-14-12-16(8-10-19-14)18(22)20(13-17(21)23-2)11-9-15-6-4-3-5-7-15;/h3-7,14,16,19H,8-13H2,1-2H3;1H/t14-,16-;/m0./s1. The fraction of sp³-hybridized carbons (Fsp3) is 0.556. The molecule has 6 heteroatoms. The van der Waals surface area contributed by atoms with Crippen LogP contribution in [0.15, 0.2) is 30.3 Å². The van der Waals surface area contributed by atoms with Crippen LogP contribution in [-0.4, -0.2) is 49.6 Å². The molecule has 0 saturated carbocycles. The molecule has 5 nitrogen and oxygen atoms in total. The summed E-state index contributed by atoms with van der Waals surface area (Å²) in [5, 5.41) is 3.35. The quantitative estimate of drug-likeness (QED) is 0.794. The van der Waals surface area contributed by atoms with Crippen LogP contribution < -0.4 is 5.32 Å². The van der Waals surface area contributed by atoms with Crippen molar-refractivity contribution in [3.63, 3.8) is 0 Å². The Morgan fingerprint density at radius 1 is 1.29 bits per heavy atom. The Morgan fingerprint density at radius 2 is 2.00 bits per heavy atom. The van der Waals surface area contributed by atoms with Gasteiger partial charge in [0.2, 0.25) is 5.91 Å². The Labute approximate surface area is 150 Å². The first-order chi connectivity index (χ1) is 11.1. The van der Waals surface area contributed by atoms with Crippen LogP contribution in [0, 0.1) is 5.92 Å². The molecule has 2 atom stereocenters. The number of ether oxygens (including phenoxy) is 1. The maximum Gasteiger partial charge on any atom is 0.325 e. The fourth-order valence-electron chi connectivity index (χ4n) is 3.01. The number of methoxy groups -OCH3 is 1. The molecule has 1 aromatic carbocycles. The van der Waals surface area contributed by atoms with Gasteiger partial charge in [-0.2, -0.15) is 0 Å². The van der Waals surface area contributed by atoms with Crippen molar-refractivity contribution in [1.29, 1.82) is 0 Å².